The fourth-order valence-electron chi connectivity index (χ4n) is 8.98. The van der Waals surface area contributed by atoms with Crippen LogP contribution in [0.1, 0.15) is 131 Å². The first-order chi connectivity index (χ1) is 16.7. The molecule has 0 unspecified atom stereocenters. The minimum Gasteiger partial charge on any atom is -0.461 e. The van der Waals surface area contributed by atoms with Gasteiger partial charge in [-0.15, -0.1) is 11.6 Å². The topological polar surface area (TPSA) is 26.3 Å². The maximum atomic E-state index is 12.5. The molecule has 4 rings (SSSR count). The van der Waals surface area contributed by atoms with Crippen molar-refractivity contribution in [2.45, 2.75) is 142 Å². The Balaban J connectivity index is 1.36. The predicted molar refractivity (Wildman–Crippen MR) is 148 cm³/mol. The molecule has 8 atom stereocenters. The van der Waals surface area contributed by atoms with Gasteiger partial charge in [0.1, 0.15) is 11.5 Å². The molecule has 0 spiro atoms. The van der Waals surface area contributed by atoms with Gasteiger partial charge in [-0.3, -0.25) is 4.79 Å². The lowest BCUT2D eigenvalue weighted by atomic mass is 9.47. The lowest BCUT2D eigenvalue weighted by Gasteiger charge is -2.58. The maximum absolute atomic E-state index is 12.5. The third-order valence-electron chi connectivity index (χ3n) is 11.3. The van der Waals surface area contributed by atoms with Crippen LogP contribution in [-0.4, -0.2) is 17.5 Å². The fraction of sp³-hybridized carbons (Fsp3) is 0.906. The van der Waals surface area contributed by atoms with Crippen LogP contribution < -0.4 is 0 Å². The van der Waals surface area contributed by atoms with Crippen molar-refractivity contribution in [3.63, 3.8) is 0 Å². The molecule has 4 aliphatic carbocycles. The minimum atomic E-state index is -0.532. The van der Waals surface area contributed by atoms with E-state index in [0.717, 1.165) is 42.9 Å². The van der Waals surface area contributed by atoms with Gasteiger partial charge in [0.05, 0.1) is 0 Å². The van der Waals surface area contributed by atoms with Crippen LogP contribution in [0.2, 0.25) is 0 Å². The molecule has 4 aliphatic rings. The number of ether oxygens (including phenoxy) is 1. The molecule has 3 saturated carbocycles. The van der Waals surface area contributed by atoms with E-state index in [0.29, 0.717) is 10.8 Å². The molecule has 0 bridgehead atoms. The number of esters is 1. The van der Waals surface area contributed by atoms with E-state index in [9.17, 15) is 4.79 Å². The molecule has 35 heavy (non-hydrogen) atoms. The number of rotatable bonds is 10. The molecule has 2 nitrogen and oxygen atoms in total. The van der Waals surface area contributed by atoms with Crippen molar-refractivity contribution in [1.29, 1.82) is 0 Å². The molecule has 0 heterocycles. The number of carbonyl (C=O) groups is 1. The van der Waals surface area contributed by atoms with Crippen LogP contribution in [-0.2, 0) is 9.53 Å². The number of unbranched alkanes of at least 4 members (excludes halogenated alkanes) is 5. The van der Waals surface area contributed by atoms with Gasteiger partial charge in [0, 0.05) is 6.42 Å². The summed E-state index contributed by atoms with van der Waals surface area (Å²) in [5, 5.41) is -0.532. The average Bonchev–Trinajstić information content (AvgIpc) is 3.17. The van der Waals surface area contributed by atoms with Gasteiger partial charge in [-0.2, -0.15) is 0 Å². The zero-order valence-corrected chi connectivity index (χ0v) is 24.2. The lowest BCUT2D eigenvalue weighted by Crippen LogP contribution is -2.50. The Bertz CT molecular complexity index is 759. The minimum absolute atomic E-state index is 0.0143. The smallest absolute Gasteiger partial charge is 0.324 e. The fourth-order valence-corrected chi connectivity index (χ4v) is 9.04. The van der Waals surface area contributed by atoms with Gasteiger partial charge in [0.2, 0.25) is 0 Å². The Morgan fingerprint density at radius 3 is 2.51 bits per heavy atom. The summed E-state index contributed by atoms with van der Waals surface area (Å²) in [6.07, 6.45) is 22.7. The summed E-state index contributed by atoms with van der Waals surface area (Å²) in [6, 6.07) is 0. The lowest BCUT2D eigenvalue weighted by molar-refractivity contribution is -0.151. The van der Waals surface area contributed by atoms with Crippen molar-refractivity contribution in [3.8, 4) is 0 Å². The van der Waals surface area contributed by atoms with Gasteiger partial charge < -0.3 is 4.74 Å². The highest BCUT2D eigenvalue weighted by Crippen LogP contribution is 2.66. The van der Waals surface area contributed by atoms with E-state index in [1.54, 1.807) is 5.57 Å². The molecular formula is C32H53ClO2. The standard InChI is InChI=1S/C32H53ClO2/c1-6-7-8-9-10-11-12-23-14-16-27-26-15-13-24-21-25(35-30(34)29(33)22(2)3)17-19-32(24,5)28(26)18-20-31(23,27)4/h13,22-23,25-29H,6-12,14-21H2,1-5H3/t23-,25-,26-,27-,28-,29-,31+,32-/m0/s1. The summed E-state index contributed by atoms with van der Waals surface area (Å²) in [6.45, 7) is 11.5. The van der Waals surface area contributed by atoms with Gasteiger partial charge in [-0.25, -0.2) is 0 Å². The Kier molecular flexibility index (Phi) is 9.04. The van der Waals surface area contributed by atoms with Crippen LogP contribution in [0.5, 0.6) is 0 Å². The molecule has 0 aromatic rings. The van der Waals surface area contributed by atoms with Crippen LogP contribution in [0.15, 0.2) is 11.6 Å². The van der Waals surface area contributed by atoms with Crippen molar-refractivity contribution >= 4 is 17.6 Å². The number of halogens is 1. The van der Waals surface area contributed by atoms with Gasteiger partial charge >= 0.3 is 5.97 Å². The van der Waals surface area contributed by atoms with Gasteiger partial charge in [0.15, 0.2) is 0 Å². The van der Waals surface area contributed by atoms with E-state index in [1.807, 2.05) is 13.8 Å². The Morgan fingerprint density at radius 2 is 1.77 bits per heavy atom. The second kappa shape index (κ2) is 11.5. The average molecular weight is 505 g/mol. The summed E-state index contributed by atoms with van der Waals surface area (Å²) < 4.78 is 5.90. The van der Waals surface area contributed by atoms with E-state index in [2.05, 4.69) is 26.8 Å². The van der Waals surface area contributed by atoms with Gasteiger partial charge in [-0.05, 0) is 91.8 Å². The van der Waals surface area contributed by atoms with Gasteiger partial charge in [-0.1, -0.05) is 84.8 Å². The number of alkyl halides is 1. The zero-order valence-electron chi connectivity index (χ0n) is 23.4. The van der Waals surface area contributed by atoms with Gasteiger partial charge in [0.25, 0.3) is 0 Å². The van der Waals surface area contributed by atoms with E-state index in [-0.39, 0.29) is 18.0 Å². The number of allylic oxidation sites excluding steroid dienone is 1. The summed E-state index contributed by atoms with van der Waals surface area (Å²) in [5.41, 5.74) is 2.47. The molecule has 0 amide bonds. The normalized spacial score (nSPS) is 39.4. The molecule has 0 radical (unpaired) electrons. The Hall–Kier alpha value is -0.500. The monoisotopic (exact) mass is 504 g/mol. The molecular weight excluding hydrogens is 452 g/mol. The third-order valence-corrected chi connectivity index (χ3v) is 11.9. The second-order valence-corrected chi connectivity index (χ2v) is 14.1. The third kappa shape index (κ3) is 5.53. The van der Waals surface area contributed by atoms with Crippen LogP contribution in [0.4, 0.5) is 0 Å². The van der Waals surface area contributed by atoms with Crippen LogP contribution >= 0.6 is 11.6 Å². The number of carbonyl (C=O) groups excluding carboxylic acids is 1. The van der Waals surface area contributed by atoms with E-state index in [4.69, 9.17) is 16.3 Å². The van der Waals surface area contributed by atoms with Crippen LogP contribution in [0.25, 0.3) is 0 Å². The van der Waals surface area contributed by atoms with Crippen molar-refractivity contribution in [3.05, 3.63) is 11.6 Å². The molecule has 0 aromatic heterocycles. The number of hydrogen-bond donors (Lipinski definition) is 0. The summed E-state index contributed by atoms with van der Waals surface area (Å²) in [7, 11) is 0. The van der Waals surface area contributed by atoms with Crippen molar-refractivity contribution < 1.29 is 9.53 Å². The summed E-state index contributed by atoms with van der Waals surface area (Å²) in [5.74, 6) is 3.45. The maximum Gasteiger partial charge on any atom is 0.324 e. The quantitative estimate of drug-likeness (QED) is 0.128. The SMILES string of the molecule is CCCCCCCC[C@H]1CC[C@H]2[C@@H]3CC=C4C[C@@H](OC(=O)[C@@H](Cl)C(C)C)CC[C@]4(C)[C@H]3CC[C@]12C. The Labute approximate surface area is 221 Å². The number of fused-ring (bicyclic) bond motifs is 5. The molecule has 3 fully saturated rings. The molecule has 0 aliphatic heterocycles. The first-order valence-electron chi connectivity index (χ1n) is 15.2. The van der Waals surface area contributed by atoms with Crippen LogP contribution in [0, 0.1) is 40.4 Å². The van der Waals surface area contributed by atoms with Crippen molar-refractivity contribution in [2.75, 3.05) is 0 Å². The Morgan fingerprint density at radius 1 is 1.03 bits per heavy atom. The van der Waals surface area contributed by atoms with E-state index >= 15 is 0 Å². The second-order valence-electron chi connectivity index (χ2n) is 13.6. The first kappa shape index (κ1) is 27.5. The molecule has 0 N–H and O–H groups in total. The highest BCUT2D eigenvalue weighted by atomic mass is 35.5. The molecule has 0 saturated heterocycles. The largest absolute Gasteiger partial charge is 0.461 e. The molecule has 3 heteroatoms. The highest BCUT2D eigenvalue weighted by Gasteiger charge is 2.58. The predicted octanol–water partition coefficient (Wildman–Crippen LogP) is 9.49. The van der Waals surface area contributed by atoms with Crippen molar-refractivity contribution in [1.82, 2.24) is 0 Å². The zero-order chi connectivity index (χ0) is 25.2. The summed E-state index contributed by atoms with van der Waals surface area (Å²) in [4.78, 5) is 12.5. The molecule has 0 aromatic carbocycles. The highest BCUT2D eigenvalue weighted by molar-refractivity contribution is 6.30. The summed E-state index contributed by atoms with van der Waals surface area (Å²) >= 11 is 6.29. The van der Waals surface area contributed by atoms with E-state index in [1.165, 1.54) is 77.0 Å². The number of hydrogen-bond acceptors (Lipinski definition) is 2. The molecule has 200 valence electrons. The first-order valence-corrected chi connectivity index (χ1v) is 15.7. The van der Waals surface area contributed by atoms with Crippen LogP contribution in [0.3, 0.4) is 0 Å². The van der Waals surface area contributed by atoms with Crippen molar-refractivity contribution in [2.24, 2.45) is 40.4 Å². The van der Waals surface area contributed by atoms with E-state index < -0.39 is 5.38 Å².